The van der Waals surface area contributed by atoms with Crippen LogP contribution >= 0.6 is 11.6 Å². The van der Waals surface area contributed by atoms with Crippen molar-refractivity contribution < 1.29 is 4.74 Å². The van der Waals surface area contributed by atoms with Crippen molar-refractivity contribution in [3.05, 3.63) is 64.7 Å². The molecule has 0 amide bonds. The highest BCUT2D eigenvalue weighted by Gasteiger charge is 2.31. The van der Waals surface area contributed by atoms with Gasteiger partial charge in [-0.1, -0.05) is 42.0 Å². The van der Waals surface area contributed by atoms with Crippen LogP contribution in [-0.4, -0.2) is 6.61 Å². The van der Waals surface area contributed by atoms with Crippen molar-refractivity contribution in [1.29, 1.82) is 0 Å². The fourth-order valence-electron chi connectivity index (χ4n) is 2.70. The molecule has 1 aliphatic heterocycles. The Labute approximate surface area is 119 Å². The Bertz CT molecular complexity index is 606. The maximum Gasteiger partial charge on any atom is 0.122 e. The Morgan fingerprint density at radius 2 is 1.95 bits per heavy atom. The molecule has 2 aromatic carbocycles. The lowest BCUT2D eigenvalue weighted by atomic mass is 9.90. The van der Waals surface area contributed by atoms with Crippen LogP contribution in [0.2, 0.25) is 0 Å². The average molecular weight is 273 g/mol. The van der Waals surface area contributed by atoms with E-state index in [-0.39, 0.29) is 11.3 Å². The monoisotopic (exact) mass is 272 g/mol. The Morgan fingerprint density at radius 3 is 2.79 bits per heavy atom. The Balaban J connectivity index is 1.97. The van der Waals surface area contributed by atoms with E-state index in [0.29, 0.717) is 6.61 Å². The lowest BCUT2D eigenvalue weighted by Gasteiger charge is -2.19. The fraction of sp³-hybridized carbons (Fsp3) is 0.294. The predicted molar refractivity (Wildman–Crippen MR) is 79.2 cm³/mol. The van der Waals surface area contributed by atoms with E-state index in [4.69, 9.17) is 16.3 Å². The minimum absolute atomic E-state index is 0.0384. The third-order valence-corrected chi connectivity index (χ3v) is 4.36. The number of rotatable bonds is 2. The number of para-hydroxylation sites is 1. The molecule has 0 aliphatic carbocycles. The van der Waals surface area contributed by atoms with Gasteiger partial charge in [0.15, 0.2) is 0 Å². The van der Waals surface area contributed by atoms with Crippen LogP contribution in [0.25, 0.3) is 0 Å². The molecule has 1 nitrogen and oxygen atoms in total. The minimum Gasteiger partial charge on any atom is -0.493 e. The van der Waals surface area contributed by atoms with Crippen molar-refractivity contribution in [1.82, 2.24) is 0 Å². The van der Waals surface area contributed by atoms with Gasteiger partial charge in [-0.2, -0.15) is 0 Å². The van der Waals surface area contributed by atoms with Crippen molar-refractivity contribution in [2.24, 2.45) is 0 Å². The molecule has 2 unspecified atom stereocenters. The zero-order chi connectivity index (χ0) is 13.4. The van der Waals surface area contributed by atoms with E-state index < -0.39 is 0 Å². The summed E-state index contributed by atoms with van der Waals surface area (Å²) in [6.45, 7) is 4.89. The Kier molecular flexibility index (Phi) is 3.24. The van der Waals surface area contributed by atoms with Crippen molar-refractivity contribution >= 4 is 11.6 Å². The molecule has 0 bridgehead atoms. The largest absolute Gasteiger partial charge is 0.493 e. The van der Waals surface area contributed by atoms with Gasteiger partial charge < -0.3 is 4.74 Å². The highest BCUT2D eigenvalue weighted by molar-refractivity contribution is 6.21. The van der Waals surface area contributed by atoms with Crippen LogP contribution in [0.5, 0.6) is 5.75 Å². The van der Waals surface area contributed by atoms with Gasteiger partial charge in [-0.25, -0.2) is 0 Å². The summed E-state index contributed by atoms with van der Waals surface area (Å²) in [5, 5.41) is -0.0384. The lowest BCUT2D eigenvalue weighted by molar-refractivity contribution is 0.328. The maximum absolute atomic E-state index is 6.74. The Morgan fingerprint density at radius 1 is 1.16 bits per heavy atom. The average Bonchev–Trinajstić information content (AvgIpc) is 2.84. The smallest absolute Gasteiger partial charge is 0.122 e. The lowest BCUT2D eigenvalue weighted by Crippen LogP contribution is -2.09. The van der Waals surface area contributed by atoms with E-state index in [2.05, 4.69) is 38.1 Å². The van der Waals surface area contributed by atoms with Crippen LogP contribution in [0.1, 0.15) is 33.5 Å². The minimum atomic E-state index is -0.0384. The molecule has 0 fully saturated rings. The fourth-order valence-corrected chi connectivity index (χ4v) is 3.15. The van der Waals surface area contributed by atoms with E-state index in [0.717, 1.165) is 5.75 Å². The molecule has 0 saturated heterocycles. The standard InChI is InChI=1S/C17H17ClO/c1-11-7-8-12(2)14(9-11)17(18)15-10-19-16-6-4-3-5-13(15)16/h3-9,15,17H,10H2,1-2H3. The zero-order valence-corrected chi connectivity index (χ0v) is 11.9. The predicted octanol–water partition coefficient (Wildman–Crippen LogP) is 4.76. The van der Waals surface area contributed by atoms with Crippen LogP contribution in [0, 0.1) is 13.8 Å². The summed E-state index contributed by atoms with van der Waals surface area (Å²) in [7, 11) is 0. The summed E-state index contributed by atoms with van der Waals surface area (Å²) in [4.78, 5) is 0. The normalized spacial score (nSPS) is 18.8. The number of hydrogen-bond acceptors (Lipinski definition) is 1. The SMILES string of the molecule is Cc1ccc(C)c(C(Cl)C2COc3ccccc32)c1. The number of aryl methyl sites for hydroxylation is 2. The van der Waals surface area contributed by atoms with Crippen molar-refractivity contribution in [3.8, 4) is 5.75 Å². The molecule has 1 heterocycles. The van der Waals surface area contributed by atoms with Gasteiger partial charge in [0.05, 0.1) is 12.0 Å². The molecule has 0 spiro atoms. The van der Waals surface area contributed by atoms with Crippen molar-refractivity contribution in [3.63, 3.8) is 0 Å². The summed E-state index contributed by atoms with van der Waals surface area (Å²) < 4.78 is 5.74. The van der Waals surface area contributed by atoms with E-state index in [1.807, 2.05) is 18.2 Å². The molecule has 2 atom stereocenters. The number of halogens is 1. The van der Waals surface area contributed by atoms with Gasteiger partial charge in [0.2, 0.25) is 0 Å². The van der Waals surface area contributed by atoms with E-state index in [1.165, 1.54) is 22.3 Å². The third-order valence-electron chi connectivity index (χ3n) is 3.82. The molecule has 0 saturated carbocycles. The highest BCUT2D eigenvalue weighted by Crippen LogP contribution is 2.45. The third kappa shape index (κ3) is 2.23. The van der Waals surface area contributed by atoms with Crippen molar-refractivity contribution in [2.45, 2.75) is 25.1 Å². The second-order valence-electron chi connectivity index (χ2n) is 5.22. The first-order chi connectivity index (χ1) is 9.16. The van der Waals surface area contributed by atoms with E-state index in [9.17, 15) is 0 Å². The first kappa shape index (κ1) is 12.6. The number of alkyl halides is 1. The highest BCUT2D eigenvalue weighted by atomic mass is 35.5. The van der Waals surface area contributed by atoms with Gasteiger partial charge >= 0.3 is 0 Å². The summed E-state index contributed by atoms with van der Waals surface area (Å²) in [5.41, 5.74) is 4.93. The van der Waals surface area contributed by atoms with E-state index in [1.54, 1.807) is 0 Å². The van der Waals surface area contributed by atoms with Gasteiger partial charge in [-0.3, -0.25) is 0 Å². The number of fused-ring (bicyclic) bond motifs is 1. The first-order valence-electron chi connectivity index (χ1n) is 6.60. The van der Waals surface area contributed by atoms with Gasteiger partial charge in [-0.15, -0.1) is 11.6 Å². The summed E-state index contributed by atoms with van der Waals surface area (Å²) in [6.07, 6.45) is 0. The first-order valence-corrected chi connectivity index (χ1v) is 7.03. The molecule has 0 N–H and O–H groups in total. The van der Waals surface area contributed by atoms with Crippen LogP contribution in [0.15, 0.2) is 42.5 Å². The van der Waals surface area contributed by atoms with Gasteiger partial charge in [0.1, 0.15) is 5.75 Å². The molecule has 3 rings (SSSR count). The summed E-state index contributed by atoms with van der Waals surface area (Å²) in [5.74, 6) is 1.21. The van der Waals surface area contributed by atoms with Gasteiger partial charge in [-0.05, 0) is 31.0 Å². The number of hydrogen-bond donors (Lipinski definition) is 0. The van der Waals surface area contributed by atoms with Crippen LogP contribution in [-0.2, 0) is 0 Å². The molecule has 98 valence electrons. The Hall–Kier alpha value is -1.47. The topological polar surface area (TPSA) is 9.23 Å². The second kappa shape index (κ2) is 4.90. The van der Waals surface area contributed by atoms with Gasteiger partial charge in [0.25, 0.3) is 0 Å². The molecule has 0 radical (unpaired) electrons. The van der Waals surface area contributed by atoms with E-state index >= 15 is 0 Å². The van der Waals surface area contributed by atoms with Crippen LogP contribution in [0.3, 0.4) is 0 Å². The van der Waals surface area contributed by atoms with Crippen molar-refractivity contribution in [2.75, 3.05) is 6.61 Å². The summed E-state index contributed by atoms with van der Waals surface area (Å²) >= 11 is 6.74. The molecular formula is C17H17ClO. The zero-order valence-electron chi connectivity index (χ0n) is 11.2. The molecule has 1 aliphatic rings. The van der Waals surface area contributed by atoms with Crippen LogP contribution in [0.4, 0.5) is 0 Å². The molecule has 0 aromatic heterocycles. The molecule has 19 heavy (non-hydrogen) atoms. The maximum atomic E-state index is 6.74. The molecule has 2 aromatic rings. The quantitative estimate of drug-likeness (QED) is 0.716. The molecular weight excluding hydrogens is 256 g/mol. The number of benzene rings is 2. The summed E-state index contributed by atoms with van der Waals surface area (Å²) in [6, 6.07) is 14.6. The second-order valence-corrected chi connectivity index (χ2v) is 5.69. The van der Waals surface area contributed by atoms with Gasteiger partial charge in [0, 0.05) is 11.5 Å². The molecule has 2 heteroatoms. The number of ether oxygens (including phenoxy) is 1. The van der Waals surface area contributed by atoms with Crippen LogP contribution < -0.4 is 4.74 Å².